The lowest BCUT2D eigenvalue weighted by atomic mass is 10.1. The molecule has 0 aromatic carbocycles. The van der Waals surface area contributed by atoms with Crippen LogP contribution in [0.25, 0.3) is 11.5 Å². The molecule has 3 aromatic rings. The molecule has 0 radical (unpaired) electrons. The van der Waals surface area contributed by atoms with E-state index in [0.717, 1.165) is 24.7 Å². The Morgan fingerprint density at radius 2 is 1.82 bits per heavy atom. The Labute approximate surface area is 190 Å². The molecular weight excluding hydrogens is 454 g/mol. The first kappa shape index (κ1) is 20.9. The quantitative estimate of drug-likeness (QED) is 0.541. The number of hydrogen-bond donors (Lipinski definition) is 0. The zero-order valence-corrected chi connectivity index (χ0v) is 17.5. The van der Waals surface area contributed by atoms with Crippen LogP contribution in [0.15, 0.2) is 49.1 Å². The number of carbonyl (C=O) groups is 1. The lowest BCUT2D eigenvalue weighted by Crippen LogP contribution is -2.44. The molecule has 11 heteroatoms. The predicted octanol–water partition coefficient (Wildman–Crippen LogP) is 3.63. The van der Waals surface area contributed by atoms with Gasteiger partial charge in [-0.3, -0.25) is 9.78 Å². The number of rotatable bonds is 4. The molecule has 1 aliphatic heterocycles. The third kappa shape index (κ3) is 3.37. The minimum Gasteiger partial charge on any atom is -0.472 e. The fraction of sp³-hybridized carbons (Fsp3) is 0.348. The van der Waals surface area contributed by atoms with Gasteiger partial charge in [0.2, 0.25) is 5.88 Å². The second-order valence-electron chi connectivity index (χ2n) is 8.75. The largest absolute Gasteiger partial charge is 0.472 e. The number of pyridine rings is 2. The van der Waals surface area contributed by atoms with E-state index in [0.29, 0.717) is 36.3 Å². The molecule has 5 unspecified atom stereocenters. The van der Waals surface area contributed by atoms with Crippen LogP contribution in [-0.2, 0) is 6.18 Å². The molecule has 174 valence electrons. The Kier molecular flexibility index (Phi) is 4.58. The first-order chi connectivity index (χ1) is 16.3. The van der Waals surface area contributed by atoms with E-state index in [2.05, 4.69) is 19.9 Å². The summed E-state index contributed by atoms with van der Waals surface area (Å²) in [6.07, 6.45) is 0.150. The second-order valence-corrected chi connectivity index (χ2v) is 8.75. The van der Waals surface area contributed by atoms with E-state index in [1.165, 1.54) is 12.3 Å². The zero-order chi connectivity index (χ0) is 23.6. The van der Waals surface area contributed by atoms with E-state index in [4.69, 9.17) is 4.74 Å². The van der Waals surface area contributed by atoms with Crippen molar-refractivity contribution in [3.63, 3.8) is 0 Å². The van der Waals surface area contributed by atoms with Gasteiger partial charge < -0.3 is 9.64 Å². The molecule has 2 saturated carbocycles. The Morgan fingerprint density at radius 3 is 2.53 bits per heavy atom. The highest BCUT2D eigenvalue weighted by molar-refractivity contribution is 5.99. The lowest BCUT2D eigenvalue weighted by Gasteiger charge is -2.30. The fourth-order valence-corrected chi connectivity index (χ4v) is 5.44. The van der Waals surface area contributed by atoms with Crippen molar-refractivity contribution in [1.82, 2.24) is 24.8 Å². The van der Waals surface area contributed by atoms with Crippen molar-refractivity contribution in [2.24, 2.45) is 17.8 Å². The van der Waals surface area contributed by atoms with E-state index in [1.54, 1.807) is 17.0 Å². The molecule has 3 aliphatic rings. The summed E-state index contributed by atoms with van der Waals surface area (Å²) in [5.41, 5.74) is -0.297. The van der Waals surface area contributed by atoms with Gasteiger partial charge in [-0.05, 0) is 42.4 Å². The van der Waals surface area contributed by atoms with Gasteiger partial charge in [-0.2, -0.15) is 13.2 Å². The molecule has 7 nitrogen and oxygen atoms in total. The summed E-state index contributed by atoms with van der Waals surface area (Å²) < 4.78 is 57.7. The van der Waals surface area contributed by atoms with Crippen LogP contribution in [0, 0.1) is 23.6 Å². The average Bonchev–Trinajstić information content (AvgIpc) is 3.19. The molecule has 5 atom stereocenters. The van der Waals surface area contributed by atoms with Gasteiger partial charge in [-0.25, -0.2) is 19.3 Å². The molecule has 34 heavy (non-hydrogen) atoms. The number of halogens is 4. The smallest absolute Gasteiger partial charge is 0.417 e. The summed E-state index contributed by atoms with van der Waals surface area (Å²) in [6.45, 7) is 0.567. The van der Waals surface area contributed by atoms with Crippen molar-refractivity contribution in [1.29, 1.82) is 0 Å². The maximum absolute atomic E-state index is 13.6. The summed E-state index contributed by atoms with van der Waals surface area (Å²) in [5.74, 6) is 0.492. The van der Waals surface area contributed by atoms with E-state index >= 15 is 0 Å². The molecule has 0 bridgehead atoms. The topological polar surface area (TPSA) is 81.1 Å². The molecular formula is C23H17F4N5O2. The molecule has 6 rings (SSSR count). The van der Waals surface area contributed by atoms with Gasteiger partial charge in [0, 0.05) is 25.0 Å². The van der Waals surface area contributed by atoms with Crippen LogP contribution in [0.4, 0.5) is 17.6 Å². The van der Waals surface area contributed by atoms with E-state index in [1.807, 2.05) is 0 Å². The molecule has 3 aromatic heterocycles. The van der Waals surface area contributed by atoms with Gasteiger partial charge >= 0.3 is 6.18 Å². The standard InChI is InChI=1S/C23H17F4N5O2/c24-12-8-30-21(31-9-12)19-13(2-1-5-28-19)22(33)32-10-15-14-6-16(20(32)18(14)15)34-17-4-3-11(7-29-17)23(25,26)27/h1-5,7-9,14-16,18,20H,6,10H2. The van der Waals surface area contributed by atoms with E-state index in [-0.39, 0.29) is 35.5 Å². The Balaban J connectivity index is 1.25. The minimum absolute atomic E-state index is 0.0944. The van der Waals surface area contributed by atoms with Crippen LogP contribution in [-0.4, -0.2) is 49.4 Å². The van der Waals surface area contributed by atoms with Gasteiger partial charge in [0.05, 0.1) is 29.6 Å². The minimum atomic E-state index is -4.47. The van der Waals surface area contributed by atoms with Crippen molar-refractivity contribution in [2.45, 2.75) is 24.7 Å². The number of hydrogen-bond acceptors (Lipinski definition) is 6. The highest BCUT2D eigenvalue weighted by Gasteiger charge is 2.70. The van der Waals surface area contributed by atoms with Gasteiger partial charge in [0.1, 0.15) is 11.8 Å². The normalized spacial score (nSPS) is 26.9. The third-order valence-corrected chi connectivity index (χ3v) is 6.91. The summed E-state index contributed by atoms with van der Waals surface area (Å²) in [5, 5.41) is 0. The number of likely N-dealkylation sites (tertiary alicyclic amines) is 1. The van der Waals surface area contributed by atoms with Crippen molar-refractivity contribution >= 4 is 5.91 Å². The number of amides is 1. The van der Waals surface area contributed by atoms with Crippen molar-refractivity contribution < 1.29 is 27.1 Å². The first-order valence-electron chi connectivity index (χ1n) is 10.7. The van der Waals surface area contributed by atoms with E-state index in [9.17, 15) is 22.4 Å². The SMILES string of the molecule is O=C(c1cccnc1-c1ncc(F)cn1)N1CC2C3CC(Oc4ccc(C(F)(F)F)cn4)C1C32. The molecule has 2 aliphatic carbocycles. The number of nitrogens with zero attached hydrogens (tertiary/aromatic N) is 5. The van der Waals surface area contributed by atoms with Gasteiger partial charge in [-0.1, -0.05) is 0 Å². The summed E-state index contributed by atoms with van der Waals surface area (Å²) in [6, 6.07) is 5.18. The summed E-state index contributed by atoms with van der Waals surface area (Å²) in [4.78, 5) is 31.3. The number of fused-ring (bicyclic) bond motifs is 1. The van der Waals surface area contributed by atoms with E-state index < -0.39 is 17.6 Å². The molecule has 0 spiro atoms. The Bertz CT molecular complexity index is 1250. The molecule has 4 heterocycles. The van der Waals surface area contributed by atoms with Gasteiger partial charge in [-0.15, -0.1) is 0 Å². The molecule has 1 saturated heterocycles. The highest BCUT2D eigenvalue weighted by atomic mass is 19.4. The maximum Gasteiger partial charge on any atom is 0.417 e. The summed E-state index contributed by atoms with van der Waals surface area (Å²) in [7, 11) is 0. The highest BCUT2D eigenvalue weighted by Crippen LogP contribution is 2.64. The molecule has 0 N–H and O–H groups in total. The average molecular weight is 471 g/mol. The Morgan fingerprint density at radius 1 is 1.03 bits per heavy atom. The number of piperidine rings is 1. The lowest BCUT2D eigenvalue weighted by molar-refractivity contribution is -0.137. The van der Waals surface area contributed by atoms with Crippen LogP contribution < -0.4 is 4.74 Å². The number of alkyl halides is 3. The number of carbonyl (C=O) groups excluding carboxylic acids is 1. The first-order valence-corrected chi connectivity index (χ1v) is 10.7. The van der Waals surface area contributed by atoms with Crippen molar-refractivity contribution in [3.8, 4) is 17.4 Å². The van der Waals surface area contributed by atoms with Crippen LogP contribution in [0.5, 0.6) is 5.88 Å². The molecule has 1 amide bonds. The van der Waals surface area contributed by atoms with Gasteiger partial charge in [0.25, 0.3) is 5.91 Å². The fourth-order valence-electron chi connectivity index (χ4n) is 5.44. The zero-order valence-electron chi connectivity index (χ0n) is 17.5. The Hall–Kier alpha value is -3.63. The van der Waals surface area contributed by atoms with Crippen LogP contribution in [0.2, 0.25) is 0 Å². The third-order valence-electron chi connectivity index (χ3n) is 6.91. The number of aromatic nitrogens is 4. The van der Waals surface area contributed by atoms with Crippen molar-refractivity contribution in [3.05, 3.63) is 66.0 Å². The maximum atomic E-state index is 13.6. The van der Waals surface area contributed by atoms with Crippen LogP contribution in [0.1, 0.15) is 22.3 Å². The molecule has 3 fully saturated rings. The second kappa shape index (κ2) is 7.44. The van der Waals surface area contributed by atoms with Crippen LogP contribution >= 0.6 is 0 Å². The van der Waals surface area contributed by atoms with Crippen molar-refractivity contribution in [2.75, 3.05) is 6.54 Å². The van der Waals surface area contributed by atoms with Crippen LogP contribution in [0.3, 0.4) is 0 Å². The monoisotopic (exact) mass is 471 g/mol. The predicted molar refractivity (Wildman–Crippen MR) is 109 cm³/mol. The number of ether oxygens (including phenoxy) is 1. The summed E-state index contributed by atoms with van der Waals surface area (Å²) >= 11 is 0. The van der Waals surface area contributed by atoms with Gasteiger partial charge in [0.15, 0.2) is 11.6 Å².